The summed E-state index contributed by atoms with van der Waals surface area (Å²) >= 11 is 0. The summed E-state index contributed by atoms with van der Waals surface area (Å²) < 4.78 is 15.5. The number of nitrogens with one attached hydrogen (secondary N) is 1. The zero-order valence-corrected chi connectivity index (χ0v) is 14.8. The van der Waals surface area contributed by atoms with Crippen LogP contribution >= 0.6 is 0 Å². The number of benzene rings is 2. The smallest absolute Gasteiger partial charge is 0.241 e. The molecule has 0 radical (unpaired) electrons. The number of para-hydroxylation sites is 2. The molecule has 1 atom stereocenters. The second-order valence-electron chi connectivity index (χ2n) is 6.19. The van der Waals surface area contributed by atoms with Crippen molar-refractivity contribution in [3.8, 4) is 5.69 Å². The Morgan fingerprint density at radius 3 is 2.62 bits per heavy atom. The maximum absolute atomic E-state index is 13.7. The van der Waals surface area contributed by atoms with Crippen molar-refractivity contribution in [1.82, 2.24) is 14.7 Å². The molecule has 26 heavy (non-hydrogen) atoms. The number of aromatic nitrogens is 2. The third-order valence-electron chi connectivity index (χ3n) is 4.26. The van der Waals surface area contributed by atoms with Gasteiger partial charge in [0.15, 0.2) is 0 Å². The number of nitrogens with zero attached hydrogens (tertiary/aromatic N) is 3. The van der Waals surface area contributed by atoms with Gasteiger partial charge >= 0.3 is 0 Å². The standard InChI is InChI=1S/C20H21FN4O/c1-15(20(26)23-19-11-7-6-10-18(19)21)24(2)13-16-12-22-25(14-16)17-8-4-3-5-9-17/h3-12,14-15H,13H2,1-2H3,(H,23,26)/t15-/m0/s1. The van der Waals surface area contributed by atoms with E-state index in [1.165, 1.54) is 6.07 Å². The lowest BCUT2D eigenvalue weighted by atomic mass is 10.2. The fraction of sp³-hybridized carbons (Fsp3) is 0.200. The van der Waals surface area contributed by atoms with Crippen molar-refractivity contribution < 1.29 is 9.18 Å². The molecule has 2 aromatic carbocycles. The molecule has 0 saturated carbocycles. The van der Waals surface area contributed by atoms with Crippen molar-refractivity contribution in [1.29, 1.82) is 0 Å². The third-order valence-corrected chi connectivity index (χ3v) is 4.26. The van der Waals surface area contributed by atoms with E-state index in [9.17, 15) is 9.18 Å². The van der Waals surface area contributed by atoms with E-state index in [4.69, 9.17) is 0 Å². The molecule has 0 aliphatic rings. The van der Waals surface area contributed by atoms with Crippen LogP contribution in [0.25, 0.3) is 5.69 Å². The predicted octanol–water partition coefficient (Wildman–Crippen LogP) is 3.47. The number of carbonyl (C=O) groups is 1. The first kappa shape index (κ1) is 17.8. The number of amides is 1. The second-order valence-corrected chi connectivity index (χ2v) is 6.19. The fourth-order valence-corrected chi connectivity index (χ4v) is 2.59. The Balaban J connectivity index is 1.62. The number of hydrogen-bond acceptors (Lipinski definition) is 3. The molecule has 1 aromatic heterocycles. The molecular weight excluding hydrogens is 331 g/mol. The van der Waals surface area contributed by atoms with Crippen molar-refractivity contribution in [2.24, 2.45) is 0 Å². The molecule has 0 bridgehead atoms. The Morgan fingerprint density at radius 1 is 1.19 bits per heavy atom. The van der Waals surface area contributed by atoms with Gasteiger partial charge in [-0.25, -0.2) is 9.07 Å². The maximum Gasteiger partial charge on any atom is 0.241 e. The number of halogens is 1. The van der Waals surface area contributed by atoms with Crippen molar-refractivity contribution in [3.63, 3.8) is 0 Å². The van der Waals surface area contributed by atoms with Crippen LogP contribution in [0, 0.1) is 5.82 Å². The summed E-state index contributed by atoms with van der Waals surface area (Å²) in [7, 11) is 1.85. The minimum Gasteiger partial charge on any atom is -0.322 e. The van der Waals surface area contributed by atoms with Gasteiger partial charge in [0.2, 0.25) is 5.91 Å². The molecule has 1 amide bonds. The lowest BCUT2D eigenvalue weighted by molar-refractivity contribution is -0.120. The van der Waals surface area contributed by atoms with Gasteiger partial charge in [0.05, 0.1) is 23.6 Å². The molecule has 0 aliphatic carbocycles. The van der Waals surface area contributed by atoms with Gasteiger partial charge < -0.3 is 5.32 Å². The van der Waals surface area contributed by atoms with Gasteiger partial charge in [0.1, 0.15) is 5.82 Å². The Morgan fingerprint density at radius 2 is 1.88 bits per heavy atom. The summed E-state index contributed by atoms with van der Waals surface area (Å²) in [6, 6.07) is 15.5. The molecule has 5 nitrogen and oxygen atoms in total. The van der Waals surface area contributed by atoms with E-state index in [0.717, 1.165) is 11.3 Å². The Hall–Kier alpha value is -2.99. The van der Waals surface area contributed by atoms with Crippen LogP contribution in [0.4, 0.5) is 10.1 Å². The van der Waals surface area contributed by atoms with Crippen molar-refractivity contribution in [3.05, 3.63) is 78.4 Å². The molecule has 1 heterocycles. The van der Waals surface area contributed by atoms with E-state index < -0.39 is 11.9 Å². The van der Waals surface area contributed by atoms with Gasteiger partial charge in [-0.15, -0.1) is 0 Å². The Bertz CT molecular complexity index is 878. The van der Waals surface area contributed by atoms with Gasteiger partial charge in [0, 0.05) is 18.3 Å². The average Bonchev–Trinajstić information content (AvgIpc) is 3.12. The highest BCUT2D eigenvalue weighted by Crippen LogP contribution is 2.15. The van der Waals surface area contributed by atoms with Crippen LogP contribution in [0.2, 0.25) is 0 Å². The molecule has 3 rings (SSSR count). The number of hydrogen-bond donors (Lipinski definition) is 1. The van der Waals surface area contributed by atoms with Crippen LogP contribution < -0.4 is 5.32 Å². The highest BCUT2D eigenvalue weighted by Gasteiger charge is 2.19. The molecule has 0 aliphatic heterocycles. The normalized spacial score (nSPS) is 12.2. The van der Waals surface area contributed by atoms with Crippen LogP contribution in [-0.2, 0) is 11.3 Å². The lowest BCUT2D eigenvalue weighted by Crippen LogP contribution is -2.39. The second kappa shape index (κ2) is 7.93. The number of likely N-dealkylation sites (N-methyl/N-ethyl adjacent to an activating group) is 1. The largest absolute Gasteiger partial charge is 0.322 e. The van der Waals surface area contributed by atoms with Gasteiger partial charge in [-0.3, -0.25) is 9.69 Å². The van der Waals surface area contributed by atoms with Crippen molar-refractivity contribution >= 4 is 11.6 Å². The summed E-state index contributed by atoms with van der Waals surface area (Å²) in [6.07, 6.45) is 3.72. The van der Waals surface area contributed by atoms with E-state index >= 15 is 0 Å². The number of rotatable bonds is 6. The summed E-state index contributed by atoms with van der Waals surface area (Å²) in [4.78, 5) is 14.3. The van der Waals surface area contributed by atoms with E-state index in [0.29, 0.717) is 6.54 Å². The quantitative estimate of drug-likeness (QED) is 0.739. The molecule has 0 spiro atoms. The van der Waals surface area contributed by atoms with E-state index in [1.54, 1.807) is 36.0 Å². The van der Waals surface area contributed by atoms with Gasteiger partial charge in [-0.05, 0) is 38.2 Å². The van der Waals surface area contributed by atoms with Crippen LogP contribution in [0.3, 0.4) is 0 Å². The monoisotopic (exact) mass is 352 g/mol. The molecule has 0 unspecified atom stereocenters. The molecule has 0 fully saturated rings. The highest BCUT2D eigenvalue weighted by atomic mass is 19.1. The van der Waals surface area contributed by atoms with E-state index in [1.807, 2.05) is 48.5 Å². The minimum absolute atomic E-state index is 0.189. The van der Waals surface area contributed by atoms with Crippen LogP contribution in [0.1, 0.15) is 12.5 Å². The summed E-state index contributed by atoms with van der Waals surface area (Å²) in [5.41, 5.74) is 2.16. The molecule has 134 valence electrons. The van der Waals surface area contributed by atoms with Gasteiger partial charge in [-0.1, -0.05) is 30.3 Å². The first-order valence-electron chi connectivity index (χ1n) is 8.39. The van der Waals surface area contributed by atoms with Crippen molar-refractivity contribution in [2.75, 3.05) is 12.4 Å². The maximum atomic E-state index is 13.7. The first-order chi connectivity index (χ1) is 12.5. The fourth-order valence-electron chi connectivity index (χ4n) is 2.59. The minimum atomic E-state index is -0.445. The molecule has 3 aromatic rings. The van der Waals surface area contributed by atoms with Gasteiger partial charge in [-0.2, -0.15) is 5.10 Å². The molecule has 0 saturated heterocycles. The predicted molar refractivity (Wildman–Crippen MR) is 99.5 cm³/mol. The molecular formula is C20H21FN4O. The topological polar surface area (TPSA) is 50.2 Å². The van der Waals surface area contributed by atoms with Crippen LogP contribution in [0.15, 0.2) is 67.0 Å². The van der Waals surface area contributed by atoms with Gasteiger partial charge in [0.25, 0.3) is 0 Å². The molecule has 6 heteroatoms. The van der Waals surface area contributed by atoms with Crippen LogP contribution in [-0.4, -0.2) is 33.7 Å². The number of anilines is 1. The van der Waals surface area contributed by atoms with Crippen molar-refractivity contribution in [2.45, 2.75) is 19.5 Å². The zero-order chi connectivity index (χ0) is 18.5. The summed E-state index contributed by atoms with van der Waals surface area (Å²) in [6.45, 7) is 2.34. The average molecular weight is 352 g/mol. The third kappa shape index (κ3) is 4.15. The SMILES string of the molecule is C[C@@H](C(=O)Nc1ccccc1F)N(C)Cc1cnn(-c2ccccc2)c1. The summed E-state index contributed by atoms with van der Waals surface area (Å²) in [5.74, 6) is -0.701. The lowest BCUT2D eigenvalue weighted by Gasteiger charge is -2.23. The van der Waals surface area contributed by atoms with E-state index in [-0.39, 0.29) is 11.6 Å². The Labute approximate surface area is 152 Å². The van der Waals surface area contributed by atoms with Crippen LogP contribution in [0.5, 0.6) is 0 Å². The Kier molecular flexibility index (Phi) is 5.43. The zero-order valence-electron chi connectivity index (χ0n) is 14.8. The van der Waals surface area contributed by atoms with E-state index in [2.05, 4.69) is 10.4 Å². The first-order valence-corrected chi connectivity index (χ1v) is 8.39. The number of carbonyl (C=O) groups excluding carboxylic acids is 1. The summed E-state index contributed by atoms with van der Waals surface area (Å²) in [5, 5.41) is 6.99. The highest BCUT2D eigenvalue weighted by molar-refractivity contribution is 5.94. The molecule has 1 N–H and O–H groups in total.